The molecule has 0 radical (unpaired) electrons. The summed E-state index contributed by atoms with van der Waals surface area (Å²) in [7, 11) is 1.51. The highest BCUT2D eigenvalue weighted by Crippen LogP contribution is 2.22. The van der Waals surface area contributed by atoms with Crippen LogP contribution in [0.5, 0.6) is 0 Å². The highest BCUT2D eigenvalue weighted by Gasteiger charge is 2.33. The average Bonchev–Trinajstić information content (AvgIpc) is 2.37. The normalized spacial score (nSPS) is 11.8. The number of hydrogen-bond donors (Lipinski definition) is 1. The summed E-state index contributed by atoms with van der Waals surface area (Å²) in [5.41, 5.74) is 6.62. The molecule has 0 aromatic carbocycles. The van der Waals surface area contributed by atoms with Crippen LogP contribution < -0.4 is 5.73 Å². The van der Waals surface area contributed by atoms with Gasteiger partial charge in [-0.1, -0.05) is 12.2 Å². The third-order valence-electron chi connectivity index (χ3n) is 2.95. The fourth-order valence-corrected chi connectivity index (χ4v) is 4.60. The molecule has 0 amide bonds. The molecule has 2 N–H and O–H groups in total. The van der Waals surface area contributed by atoms with E-state index in [4.69, 9.17) is 19.3 Å². The van der Waals surface area contributed by atoms with E-state index in [-0.39, 0.29) is 0 Å². The minimum atomic E-state index is -2.00. The number of ether oxygens (including phenoxy) is 1. The standard InChI is InChI=1S/C13H29NO3Si/c1-13(2)12-17-9-5-6-10-18(15-3,16-4)11-7-8-14/h1,5-12,14H2,2-4H3. The van der Waals surface area contributed by atoms with Crippen molar-refractivity contribution in [1.29, 1.82) is 0 Å². The van der Waals surface area contributed by atoms with Gasteiger partial charge < -0.3 is 19.3 Å². The van der Waals surface area contributed by atoms with Crippen molar-refractivity contribution in [2.75, 3.05) is 34.0 Å². The van der Waals surface area contributed by atoms with Crippen LogP contribution in [-0.4, -0.2) is 42.5 Å². The van der Waals surface area contributed by atoms with E-state index in [9.17, 15) is 0 Å². The first kappa shape index (κ1) is 17.8. The largest absolute Gasteiger partial charge is 0.398 e. The Labute approximate surface area is 113 Å². The zero-order chi connectivity index (χ0) is 13.9. The Morgan fingerprint density at radius 2 is 1.72 bits per heavy atom. The third kappa shape index (κ3) is 8.00. The first-order valence-electron chi connectivity index (χ1n) is 6.62. The average molecular weight is 275 g/mol. The summed E-state index contributed by atoms with van der Waals surface area (Å²) in [6.45, 7) is 7.91. The third-order valence-corrected chi connectivity index (χ3v) is 6.67. The van der Waals surface area contributed by atoms with Crippen molar-refractivity contribution in [2.24, 2.45) is 5.73 Å². The van der Waals surface area contributed by atoms with E-state index in [1.165, 1.54) is 0 Å². The van der Waals surface area contributed by atoms with Crippen LogP contribution in [0.3, 0.4) is 0 Å². The molecule has 0 saturated carbocycles. The predicted octanol–water partition coefficient (Wildman–Crippen LogP) is 2.44. The summed E-state index contributed by atoms with van der Waals surface area (Å²) < 4.78 is 16.8. The Bertz CT molecular complexity index is 220. The van der Waals surface area contributed by atoms with E-state index in [1.807, 2.05) is 6.92 Å². The van der Waals surface area contributed by atoms with Crippen LogP contribution in [-0.2, 0) is 13.6 Å². The van der Waals surface area contributed by atoms with Gasteiger partial charge in [0.15, 0.2) is 0 Å². The van der Waals surface area contributed by atoms with E-state index >= 15 is 0 Å². The molecular formula is C13H29NO3Si. The van der Waals surface area contributed by atoms with Gasteiger partial charge in [0.1, 0.15) is 0 Å². The lowest BCUT2D eigenvalue weighted by Gasteiger charge is -2.27. The summed E-state index contributed by atoms with van der Waals surface area (Å²) >= 11 is 0. The Hall–Kier alpha value is -0.203. The van der Waals surface area contributed by atoms with Crippen LogP contribution in [0.25, 0.3) is 0 Å². The van der Waals surface area contributed by atoms with Crippen molar-refractivity contribution in [3.8, 4) is 0 Å². The monoisotopic (exact) mass is 275 g/mol. The summed E-state index contributed by atoms with van der Waals surface area (Å²) in [5, 5.41) is 0. The second-order valence-electron chi connectivity index (χ2n) is 4.68. The van der Waals surface area contributed by atoms with Crippen molar-refractivity contribution in [2.45, 2.75) is 38.3 Å². The Kier molecular flexibility index (Phi) is 10.6. The molecule has 0 spiro atoms. The zero-order valence-corrected chi connectivity index (χ0v) is 13.2. The van der Waals surface area contributed by atoms with Crippen LogP contribution in [0.1, 0.15) is 26.2 Å². The molecule has 0 atom stereocenters. The molecule has 0 aliphatic heterocycles. The van der Waals surface area contributed by atoms with E-state index in [0.717, 1.165) is 43.5 Å². The summed E-state index contributed by atoms with van der Waals surface area (Å²) in [6.07, 6.45) is 3.09. The van der Waals surface area contributed by atoms with Crippen molar-refractivity contribution < 1.29 is 13.6 Å². The van der Waals surface area contributed by atoms with Gasteiger partial charge in [-0.2, -0.15) is 0 Å². The number of rotatable bonds is 12. The second kappa shape index (κ2) is 10.7. The van der Waals surface area contributed by atoms with Gasteiger partial charge in [-0.25, -0.2) is 0 Å². The van der Waals surface area contributed by atoms with Crippen molar-refractivity contribution in [1.82, 2.24) is 0 Å². The molecule has 18 heavy (non-hydrogen) atoms. The maximum Gasteiger partial charge on any atom is 0.337 e. The van der Waals surface area contributed by atoms with E-state index < -0.39 is 8.56 Å². The molecule has 0 unspecified atom stereocenters. The molecule has 0 saturated heterocycles. The molecule has 4 nitrogen and oxygen atoms in total. The van der Waals surface area contributed by atoms with E-state index in [0.29, 0.717) is 13.2 Å². The van der Waals surface area contributed by atoms with Gasteiger partial charge >= 0.3 is 8.56 Å². The lowest BCUT2D eigenvalue weighted by molar-refractivity contribution is 0.151. The molecule has 5 heteroatoms. The highest BCUT2D eigenvalue weighted by molar-refractivity contribution is 6.67. The Balaban J connectivity index is 3.79. The van der Waals surface area contributed by atoms with Crippen molar-refractivity contribution >= 4 is 8.56 Å². The molecule has 0 fully saturated rings. The molecule has 0 heterocycles. The lowest BCUT2D eigenvalue weighted by Crippen LogP contribution is -2.40. The van der Waals surface area contributed by atoms with Crippen LogP contribution in [0.2, 0.25) is 12.1 Å². The minimum absolute atomic E-state index is 0.657. The highest BCUT2D eigenvalue weighted by atomic mass is 28.4. The molecule has 0 aliphatic rings. The van der Waals surface area contributed by atoms with Gasteiger partial charge in [0.05, 0.1) is 6.61 Å². The van der Waals surface area contributed by atoms with Crippen molar-refractivity contribution in [3.63, 3.8) is 0 Å². The number of hydrogen-bond acceptors (Lipinski definition) is 4. The van der Waals surface area contributed by atoms with Gasteiger partial charge in [-0.3, -0.25) is 0 Å². The fourth-order valence-electron chi connectivity index (χ4n) is 1.83. The predicted molar refractivity (Wildman–Crippen MR) is 77.9 cm³/mol. The quantitative estimate of drug-likeness (QED) is 0.338. The maximum atomic E-state index is 5.64. The summed E-state index contributed by atoms with van der Waals surface area (Å²) in [4.78, 5) is 0. The summed E-state index contributed by atoms with van der Waals surface area (Å²) in [6, 6.07) is 1.99. The second-order valence-corrected chi connectivity index (χ2v) is 8.32. The molecule has 0 aliphatic carbocycles. The van der Waals surface area contributed by atoms with E-state index in [2.05, 4.69) is 6.58 Å². The lowest BCUT2D eigenvalue weighted by atomic mass is 10.3. The Morgan fingerprint density at radius 1 is 1.11 bits per heavy atom. The molecular weight excluding hydrogens is 246 g/mol. The van der Waals surface area contributed by atoms with Crippen LogP contribution in [0, 0.1) is 0 Å². The Morgan fingerprint density at radius 3 is 2.22 bits per heavy atom. The number of unbranched alkanes of at least 4 members (excludes halogenated alkanes) is 1. The smallest absolute Gasteiger partial charge is 0.337 e. The van der Waals surface area contributed by atoms with Gasteiger partial charge in [0, 0.05) is 20.8 Å². The van der Waals surface area contributed by atoms with Gasteiger partial charge in [0.25, 0.3) is 0 Å². The topological polar surface area (TPSA) is 53.7 Å². The SMILES string of the molecule is C=C(C)COCCCC[Si](CCCN)(OC)OC. The first-order valence-corrected chi connectivity index (χ1v) is 8.86. The molecule has 0 bridgehead atoms. The van der Waals surface area contributed by atoms with Gasteiger partial charge in [0.2, 0.25) is 0 Å². The molecule has 0 aromatic heterocycles. The molecule has 0 rings (SSSR count). The first-order chi connectivity index (χ1) is 8.60. The summed E-state index contributed by atoms with van der Waals surface area (Å²) in [5.74, 6) is 0. The van der Waals surface area contributed by atoms with Crippen molar-refractivity contribution in [3.05, 3.63) is 12.2 Å². The van der Waals surface area contributed by atoms with Gasteiger partial charge in [-0.15, -0.1) is 0 Å². The fraction of sp³-hybridized carbons (Fsp3) is 0.846. The maximum absolute atomic E-state index is 5.64. The van der Waals surface area contributed by atoms with Gasteiger partial charge in [-0.05, 0) is 44.8 Å². The molecule has 0 aromatic rings. The van der Waals surface area contributed by atoms with Crippen LogP contribution in [0.4, 0.5) is 0 Å². The minimum Gasteiger partial charge on any atom is -0.398 e. The van der Waals surface area contributed by atoms with Crippen LogP contribution in [0.15, 0.2) is 12.2 Å². The molecule has 108 valence electrons. The van der Waals surface area contributed by atoms with E-state index in [1.54, 1.807) is 14.2 Å². The van der Waals surface area contributed by atoms with Crippen LogP contribution >= 0.6 is 0 Å². The number of nitrogens with two attached hydrogens (primary N) is 1. The zero-order valence-electron chi connectivity index (χ0n) is 12.2.